The summed E-state index contributed by atoms with van der Waals surface area (Å²) in [6, 6.07) is 11.6. The highest BCUT2D eigenvalue weighted by atomic mass is 35.5. The number of carbonyl (C=O) groups is 2. The number of carbonyl (C=O) groups excluding carboxylic acids is 1. The number of hydrogen-bond donors (Lipinski definition) is 2. The van der Waals surface area contributed by atoms with E-state index in [-0.39, 0.29) is 63.4 Å². The summed E-state index contributed by atoms with van der Waals surface area (Å²) < 4.78 is 27.5. The minimum absolute atomic E-state index is 0.0290. The Morgan fingerprint density at radius 3 is 2.32 bits per heavy atom. The Bertz CT molecular complexity index is 1780. The molecular formula is C35H34Cl2FN3O6. The van der Waals surface area contributed by atoms with Crippen molar-refractivity contribution in [1.29, 1.82) is 0 Å². The quantitative estimate of drug-likeness (QED) is 0.328. The highest BCUT2D eigenvalue weighted by molar-refractivity contribution is 6.40. The zero-order valence-electron chi connectivity index (χ0n) is 25.8. The molecule has 3 aromatic carbocycles. The molecule has 1 spiro atoms. The summed E-state index contributed by atoms with van der Waals surface area (Å²) in [4.78, 5) is 31.7. The van der Waals surface area contributed by atoms with Crippen LogP contribution < -0.4 is 14.5 Å². The van der Waals surface area contributed by atoms with Gasteiger partial charge in [-0.05, 0) is 56.9 Å². The molecule has 47 heavy (non-hydrogen) atoms. The fourth-order valence-corrected chi connectivity index (χ4v) is 9.27. The zero-order chi connectivity index (χ0) is 32.8. The van der Waals surface area contributed by atoms with Crippen LogP contribution in [0, 0.1) is 11.2 Å². The number of hydrogen-bond acceptors (Lipinski definition) is 7. The van der Waals surface area contributed by atoms with Gasteiger partial charge in [0.25, 0.3) is 5.91 Å². The van der Waals surface area contributed by atoms with Gasteiger partial charge in [-0.25, -0.2) is 9.18 Å². The molecule has 2 unspecified atom stereocenters. The normalized spacial score (nSPS) is 23.6. The van der Waals surface area contributed by atoms with Crippen molar-refractivity contribution in [3.63, 3.8) is 0 Å². The number of carboxylic acid groups (broad SMARTS) is 1. The summed E-state index contributed by atoms with van der Waals surface area (Å²) in [5.41, 5.74) is 2.30. The largest absolute Gasteiger partial charge is 0.478 e. The van der Waals surface area contributed by atoms with Crippen molar-refractivity contribution in [3.05, 3.63) is 75.0 Å². The van der Waals surface area contributed by atoms with Crippen LogP contribution in [0.1, 0.15) is 58.9 Å². The van der Waals surface area contributed by atoms with Crippen molar-refractivity contribution in [1.82, 2.24) is 4.90 Å². The average molecular weight is 683 g/mol. The summed E-state index contributed by atoms with van der Waals surface area (Å²) in [7, 11) is 0. The Morgan fingerprint density at radius 2 is 1.68 bits per heavy atom. The number of rotatable bonds is 5. The van der Waals surface area contributed by atoms with E-state index in [1.54, 1.807) is 30.3 Å². The molecule has 4 heterocycles. The maximum atomic E-state index is 15.7. The molecule has 3 aromatic rings. The summed E-state index contributed by atoms with van der Waals surface area (Å²) in [6.45, 7) is 4.53. The lowest BCUT2D eigenvalue weighted by Gasteiger charge is -2.62. The number of morpholine rings is 1. The molecule has 9 nitrogen and oxygen atoms in total. The van der Waals surface area contributed by atoms with Gasteiger partial charge >= 0.3 is 5.97 Å². The second-order valence-electron chi connectivity index (χ2n) is 14.0. The van der Waals surface area contributed by atoms with E-state index in [9.17, 15) is 19.8 Å². The third kappa shape index (κ3) is 5.12. The van der Waals surface area contributed by atoms with Crippen LogP contribution in [0.25, 0.3) is 11.1 Å². The fourth-order valence-electron chi connectivity index (χ4n) is 8.63. The molecule has 5 aliphatic rings. The molecule has 246 valence electrons. The molecule has 0 aromatic heterocycles. The second kappa shape index (κ2) is 11.0. The Hall–Kier alpha value is -3.57. The van der Waals surface area contributed by atoms with Gasteiger partial charge in [-0.2, -0.15) is 0 Å². The van der Waals surface area contributed by atoms with E-state index in [2.05, 4.69) is 9.80 Å². The number of aromatic carboxylic acids is 1. The Kier molecular flexibility index (Phi) is 7.18. The predicted molar refractivity (Wildman–Crippen MR) is 175 cm³/mol. The number of amides is 1. The Morgan fingerprint density at radius 1 is 1.00 bits per heavy atom. The number of ether oxygens (including phenoxy) is 2. The first-order chi connectivity index (χ1) is 22.4. The lowest BCUT2D eigenvalue weighted by molar-refractivity contribution is -0.126. The van der Waals surface area contributed by atoms with Crippen molar-refractivity contribution >= 4 is 46.5 Å². The lowest BCUT2D eigenvalue weighted by Crippen LogP contribution is -2.67. The van der Waals surface area contributed by atoms with Gasteiger partial charge in [0.1, 0.15) is 11.6 Å². The number of benzene rings is 3. The maximum absolute atomic E-state index is 15.7. The summed E-state index contributed by atoms with van der Waals surface area (Å²) in [5.74, 6) is -1.82. The predicted octanol–water partition coefficient (Wildman–Crippen LogP) is 6.21. The third-order valence-corrected chi connectivity index (χ3v) is 11.0. The zero-order valence-corrected chi connectivity index (χ0v) is 27.3. The number of anilines is 2. The van der Waals surface area contributed by atoms with Gasteiger partial charge in [0.15, 0.2) is 6.73 Å². The van der Waals surface area contributed by atoms with Crippen LogP contribution in [0.4, 0.5) is 15.8 Å². The molecule has 0 radical (unpaired) electrons. The van der Waals surface area contributed by atoms with Crippen molar-refractivity contribution in [2.24, 2.45) is 5.41 Å². The highest BCUT2D eigenvalue weighted by Crippen LogP contribution is 2.55. The van der Waals surface area contributed by atoms with Crippen LogP contribution in [0.2, 0.25) is 10.0 Å². The molecule has 1 aliphatic carbocycles. The average Bonchev–Trinajstić information content (AvgIpc) is 3.24. The molecule has 4 aliphatic heterocycles. The van der Waals surface area contributed by atoms with Crippen molar-refractivity contribution in [2.45, 2.75) is 56.8 Å². The minimum atomic E-state index is -1.19. The smallest absolute Gasteiger partial charge is 0.337 e. The van der Waals surface area contributed by atoms with Crippen molar-refractivity contribution in [3.8, 4) is 16.9 Å². The first kappa shape index (κ1) is 30.7. The first-order valence-corrected chi connectivity index (χ1v) is 16.6. The van der Waals surface area contributed by atoms with E-state index in [1.165, 1.54) is 4.90 Å². The van der Waals surface area contributed by atoms with E-state index < -0.39 is 17.4 Å². The second-order valence-corrected chi connectivity index (χ2v) is 14.9. The lowest BCUT2D eigenvalue weighted by atomic mass is 9.56. The van der Waals surface area contributed by atoms with Gasteiger partial charge in [0, 0.05) is 40.9 Å². The van der Waals surface area contributed by atoms with Crippen molar-refractivity contribution in [2.75, 3.05) is 42.8 Å². The van der Waals surface area contributed by atoms with Gasteiger partial charge in [0.05, 0.1) is 64.3 Å². The fraction of sp³-hybridized carbons (Fsp3) is 0.429. The number of aliphatic hydroxyl groups is 1. The van der Waals surface area contributed by atoms with Crippen LogP contribution in [0.15, 0.2) is 42.5 Å². The minimum Gasteiger partial charge on any atom is -0.478 e. The van der Waals surface area contributed by atoms with Crippen LogP contribution >= 0.6 is 23.2 Å². The van der Waals surface area contributed by atoms with E-state index >= 15 is 4.39 Å². The van der Waals surface area contributed by atoms with Crippen LogP contribution in [0.5, 0.6) is 5.75 Å². The molecule has 3 saturated heterocycles. The van der Waals surface area contributed by atoms with Crippen LogP contribution in [-0.2, 0) is 11.3 Å². The van der Waals surface area contributed by atoms with Gasteiger partial charge in [-0.1, -0.05) is 41.4 Å². The SMILES string of the molecule is CC1(O)CC2(CN(c3cc(Cl)c(C(=O)N4COc5c(cccc5-c5cc(N6C7CCC6COC7)c(C(=O)O)cc5F)C4)c(Cl)c3)C2)C1. The molecular weight excluding hydrogens is 648 g/mol. The van der Waals surface area contributed by atoms with E-state index in [1.807, 2.05) is 13.0 Å². The number of halogens is 3. The molecule has 8 rings (SSSR count). The third-order valence-electron chi connectivity index (χ3n) is 10.4. The number of fused-ring (bicyclic) bond motifs is 3. The summed E-state index contributed by atoms with van der Waals surface area (Å²) >= 11 is 13.3. The van der Waals surface area contributed by atoms with Crippen LogP contribution in [0.3, 0.4) is 0 Å². The maximum Gasteiger partial charge on any atom is 0.337 e. The molecule has 4 fully saturated rings. The van der Waals surface area contributed by atoms with E-state index in [4.69, 9.17) is 32.7 Å². The molecule has 12 heteroatoms. The van der Waals surface area contributed by atoms with Gasteiger partial charge in [0.2, 0.25) is 0 Å². The molecule has 2 bridgehead atoms. The van der Waals surface area contributed by atoms with Gasteiger partial charge in [-0.15, -0.1) is 0 Å². The van der Waals surface area contributed by atoms with E-state index in [0.717, 1.165) is 50.5 Å². The van der Waals surface area contributed by atoms with Gasteiger partial charge in [-0.3, -0.25) is 4.79 Å². The Balaban J connectivity index is 1.05. The molecule has 2 atom stereocenters. The topological polar surface area (TPSA) is 103 Å². The number of nitrogens with zero attached hydrogens (tertiary/aromatic N) is 3. The first-order valence-electron chi connectivity index (χ1n) is 15.9. The van der Waals surface area contributed by atoms with Crippen molar-refractivity contribution < 1.29 is 33.7 Å². The summed E-state index contributed by atoms with van der Waals surface area (Å²) in [5, 5.41) is 20.6. The van der Waals surface area contributed by atoms with Gasteiger partial charge < -0.3 is 34.4 Å². The molecule has 1 saturated carbocycles. The number of para-hydroxylation sites is 1. The molecule has 1 amide bonds. The highest BCUT2D eigenvalue weighted by Gasteiger charge is 2.57. The monoisotopic (exact) mass is 681 g/mol. The molecule has 2 N–H and O–H groups in total. The standard InChI is InChI=1S/C35H34Cl2FN3O6/c1-34(45)14-35(15-34)16-40(17-35)22-7-26(36)30(27(37)8-22)32(42)39-11-19-3-2-4-23(31(19)47-18-39)24-10-29(25(33(43)44)9-28(24)38)41-20-5-6-21(41)13-46-12-20/h2-4,7-10,20-21,45H,5-6,11-18H2,1H3,(H,43,44). The van der Waals surface area contributed by atoms with E-state index in [0.29, 0.717) is 35.8 Å². The number of carboxylic acids is 1. The van der Waals surface area contributed by atoms with Crippen LogP contribution in [-0.4, -0.2) is 77.7 Å². The Labute approximate surface area is 281 Å². The summed E-state index contributed by atoms with van der Waals surface area (Å²) in [6.07, 6.45) is 3.29.